The average Bonchev–Trinajstić information content (AvgIpc) is 2.40. The maximum atomic E-state index is 13.7. The van der Waals surface area contributed by atoms with Crippen LogP contribution in [0.25, 0.3) is 0 Å². The number of hydrogen-bond donors (Lipinski definition) is 1. The van der Waals surface area contributed by atoms with Gasteiger partial charge >= 0.3 is 6.61 Å². The zero-order chi connectivity index (χ0) is 17.2. The number of ether oxygens (including phenoxy) is 1. The first-order valence-electron chi connectivity index (χ1n) is 5.91. The largest absolute Gasteiger partial charge is 0.433 e. The van der Waals surface area contributed by atoms with Crippen LogP contribution in [-0.4, -0.2) is 15.0 Å². The van der Waals surface area contributed by atoms with E-state index in [1.807, 2.05) is 0 Å². The SMILES string of the molecule is O=S(=O)(Nc1ccc(OC(F)F)c(Cl)c1)c1ccc(Cl)cc1F. The molecule has 0 saturated heterocycles. The summed E-state index contributed by atoms with van der Waals surface area (Å²) in [6.45, 7) is -3.07. The fraction of sp³-hybridized carbons (Fsp3) is 0.0769. The topological polar surface area (TPSA) is 55.4 Å². The Morgan fingerprint density at radius 3 is 2.35 bits per heavy atom. The van der Waals surface area contributed by atoms with E-state index in [0.717, 1.165) is 30.3 Å². The molecule has 0 spiro atoms. The predicted octanol–water partition coefficient (Wildman–Crippen LogP) is 4.53. The molecule has 10 heteroatoms. The zero-order valence-corrected chi connectivity index (χ0v) is 13.4. The molecule has 124 valence electrons. The van der Waals surface area contributed by atoms with Gasteiger partial charge in [-0.05, 0) is 36.4 Å². The van der Waals surface area contributed by atoms with E-state index < -0.39 is 27.3 Å². The Bertz CT molecular complexity index is 831. The van der Waals surface area contributed by atoms with Gasteiger partial charge in [-0.25, -0.2) is 12.8 Å². The first kappa shape index (κ1) is 17.7. The van der Waals surface area contributed by atoms with Crippen molar-refractivity contribution in [1.29, 1.82) is 0 Å². The highest BCUT2D eigenvalue weighted by Crippen LogP contribution is 2.30. The lowest BCUT2D eigenvalue weighted by atomic mass is 10.3. The number of sulfonamides is 1. The zero-order valence-electron chi connectivity index (χ0n) is 11.1. The van der Waals surface area contributed by atoms with Gasteiger partial charge in [0.2, 0.25) is 0 Å². The molecule has 2 rings (SSSR count). The van der Waals surface area contributed by atoms with Crippen LogP contribution in [0, 0.1) is 5.82 Å². The third-order valence-corrected chi connectivity index (χ3v) is 4.53. The number of hydrogen-bond acceptors (Lipinski definition) is 3. The van der Waals surface area contributed by atoms with Crippen LogP contribution in [0.5, 0.6) is 5.75 Å². The lowest BCUT2D eigenvalue weighted by molar-refractivity contribution is -0.0497. The van der Waals surface area contributed by atoms with Gasteiger partial charge in [-0.3, -0.25) is 4.72 Å². The molecule has 0 aliphatic rings. The summed E-state index contributed by atoms with van der Waals surface area (Å²) in [6.07, 6.45) is 0. The molecule has 0 aromatic heterocycles. The van der Waals surface area contributed by atoms with Crippen LogP contribution in [0.1, 0.15) is 0 Å². The third kappa shape index (κ3) is 4.43. The Labute approximate surface area is 139 Å². The first-order chi connectivity index (χ1) is 10.7. The molecule has 0 aliphatic carbocycles. The number of halogens is 5. The Morgan fingerprint density at radius 2 is 1.78 bits per heavy atom. The van der Waals surface area contributed by atoms with Crippen molar-refractivity contribution in [3.05, 3.63) is 52.3 Å². The molecule has 0 saturated carbocycles. The van der Waals surface area contributed by atoms with Crippen molar-refractivity contribution in [1.82, 2.24) is 0 Å². The summed E-state index contributed by atoms with van der Waals surface area (Å²) in [5, 5.41) is -0.194. The van der Waals surface area contributed by atoms with Crippen LogP contribution in [0.4, 0.5) is 18.9 Å². The quantitative estimate of drug-likeness (QED) is 0.821. The molecule has 1 N–H and O–H groups in total. The van der Waals surface area contributed by atoms with Crippen LogP contribution in [0.15, 0.2) is 41.3 Å². The van der Waals surface area contributed by atoms with Crippen LogP contribution in [0.2, 0.25) is 10.0 Å². The summed E-state index contributed by atoms with van der Waals surface area (Å²) in [5.74, 6) is -1.35. The van der Waals surface area contributed by atoms with Crippen molar-refractivity contribution in [2.45, 2.75) is 11.5 Å². The highest BCUT2D eigenvalue weighted by atomic mass is 35.5. The van der Waals surface area contributed by atoms with Gasteiger partial charge < -0.3 is 4.74 Å². The molecule has 0 unspecified atom stereocenters. The molecular weight excluding hydrogens is 378 g/mol. The van der Waals surface area contributed by atoms with Crippen molar-refractivity contribution in [3.63, 3.8) is 0 Å². The van der Waals surface area contributed by atoms with Crippen LogP contribution >= 0.6 is 23.2 Å². The van der Waals surface area contributed by atoms with E-state index in [1.54, 1.807) is 0 Å². The minimum absolute atomic E-state index is 0.0398. The van der Waals surface area contributed by atoms with E-state index in [1.165, 1.54) is 6.07 Å². The predicted molar refractivity (Wildman–Crippen MR) is 80.3 cm³/mol. The van der Waals surface area contributed by atoms with Gasteiger partial charge in [0.1, 0.15) is 16.5 Å². The van der Waals surface area contributed by atoms with Gasteiger partial charge in [0.25, 0.3) is 10.0 Å². The molecule has 0 heterocycles. The van der Waals surface area contributed by atoms with Crippen LogP contribution in [-0.2, 0) is 10.0 Å². The van der Waals surface area contributed by atoms with Gasteiger partial charge in [0, 0.05) is 5.02 Å². The maximum Gasteiger partial charge on any atom is 0.387 e. The highest BCUT2D eigenvalue weighted by molar-refractivity contribution is 7.92. The van der Waals surface area contributed by atoms with Crippen molar-refractivity contribution in [2.75, 3.05) is 4.72 Å². The van der Waals surface area contributed by atoms with Gasteiger partial charge in [0.05, 0.1) is 10.7 Å². The molecule has 0 fully saturated rings. The Morgan fingerprint density at radius 1 is 1.09 bits per heavy atom. The maximum absolute atomic E-state index is 13.7. The molecular formula is C13H8Cl2F3NO3S. The first-order valence-corrected chi connectivity index (χ1v) is 8.15. The summed E-state index contributed by atoms with van der Waals surface area (Å²) in [7, 11) is -4.24. The summed E-state index contributed by atoms with van der Waals surface area (Å²) in [5.41, 5.74) is -0.0500. The minimum atomic E-state index is -4.24. The smallest absolute Gasteiger partial charge is 0.387 e. The monoisotopic (exact) mass is 385 g/mol. The Kier molecular flexibility index (Phi) is 5.28. The summed E-state index contributed by atoms with van der Waals surface area (Å²) < 4.78 is 68.4. The third-order valence-electron chi connectivity index (χ3n) is 2.58. The second-order valence-electron chi connectivity index (χ2n) is 4.20. The molecule has 0 radical (unpaired) electrons. The Hall–Kier alpha value is -1.64. The molecule has 0 atom stereocenters. The van der Waals surface area contributed by atoms with Crippen LogP contribution < -0.4 is 9.46 Å². The minimum Gasteiger partial charge on any atom is -0.433 e. The number of nitrogens with one attached hydrogen (secondary N) is 1. The molecule has 2 aromatic rings. The van der Waals surface area contributed by atoms with Gasteiger partial charge in [-0.15, -0.1) is 0 Å². The number of anilines is 1. The molecule has 0 amide bonds. The van der Waals surface area contributed by atoms with Crippen molar-refractivity contribution in [3.8, 4) is 5.75 Å². The summed E-state index contributed by atoms with van der Waals surface area (Å²) in [6, 6.07) is 6.33. The van der Waals surface area contributed by atoms with E-state index in [2.05, 4.69) is 9.46 Å². The summed E-state index contributed by atoms with van der Waals surface area (Å²) >= 11 is 11.3. The number of rotatable bonds is 5. The molecule has 4 nitrogen and oxygen atoms in total. The normalized spacial score (nSPS) is 11.6. The van der Waals surface area contributed by atoms with Crippen molar-refractivity contribution >= 4 is 38.9 Å². The van der Waals surface area contributed by atoms with Gasteiger partial charge in [0.15, 0.2) is 0 Å². The molecule has 23 heavy (non-hydrogen) atoms. The lowest BCUT2D eigenvalue weighted by Crippen LogP contribution is -2.14. The van der Waals surface area contributed by atoms with E-state index >= 15 is 0 Å². The van der Waals surface area contributed by atoms with Gasteiger partial charge in [-0.2, -0.15) is 8.78 Å². The highest BCUT2D eigenvalue weighted by Gasteiger charge is 2.20. The van der Waals surface area contributed by atoms with Crippen LogP contribution in [0.3, 0.4) is 0 Å². The standard InChI is InChI=1S/C13H8Cl2F3NO3S/c14-7-1-4-12(10(16)5-7)23(20,21)19-8-2-3-11(9(15)6-8)22-13(17)18/h1-6,13,19H. The van der Waals surface area contributed by atoms with Crippen molar-refractivity contribution in [2.24, 2.45) is 0 Å². The second kappa shape index (κ2) is 6.86. The average molecular weight is 386 g/mol. The van der Waals surface area contributed by atoms with Crippen molar-refractivity contribution < 1.29 is 26.3 Å². The molecule has 0 bridgehead atoms. The van der Waals surface area contributed by atoms with Gasteiger partial charge in [-0.1, -0.05) is 23.2 Å². The summed E-state index contributed by atoms with van der Waals surface area (Å²) in [4.78, 5) is -0.620. The van der Waals surface area contributed by atoms with E-state index in [4.69, 9.17) is 23.2 Å². The van der Waals surface area contributed by atoms with E-state index in [9.17, 15) is 21.6 Å². The number of alkyl halides is 2. The second-order valence-corrected chi connectivity index (χ2v) is 6.70. The Balaban J connectivity index is 2.29. The molecule has 0 aliphatic heterocycles. The lowest BCUT2D eigenvalue weighted by Gasteiger charge is -2.11. The fourth-order valence-electron chi connectivity index (χ4n) is 1.66. The van der Waals surface area contributed by atoms with E-state index in [-0.39, 0.29) is 21.5 Å². The molecule has 2 aromatic carbocycles. The number of benzene rings is 2. The van der Waals surface area contributed by atoms with E-state index in [0.29, 0.717) is 0 Å². The fourth-order valence-corrected chi connectivity index (χ4v) is 3.15.